The molecule has 0 N–H and O–H groups in total. The fourth-order valence-electron chi connectivity index (χ4n) is 1.02. The number of ketones is 1. The quantitative estimate of drug-likeness (QED) is 0.602. The number of hydrogen-bond donors (Lipinski definition) is 0. The zero-order valence-corrected chi connectivity index (χ0v) is 8.80. The van der Waals surface area contributed by atoms with Gasteiger partial charge in [-0.25, -0.2) is 0 Å². The smallest absolute Gasteiger partial charge is 0.163 e. The lowest BCUT2D eigenvalue weighted by atomic mass is 10.1. The van der Waals surface area contributed by atoms with Crippen LogP contribution in [0.2, 0.25) is 0 Å². The zero-order chi connectivity index (χ0) is 9.84. The number of aldehydes is 1. The summed E-state index contributed by atoms with van der Waals surface area (Å²) in [6.45, 7) is 1.81. The number of hydrogen-bond acceptors (Lipinski definition) is 2. The molecule has 0 amide bonds. The van der Waals surface area contributed by atoms with Crippen molar-refractivity contribution < 1.29 is 9.59 Å². The van der Waals surface area contributed by atoms with Crippen molar-refractivity contribution in [2.75, 3.05) is 0 Å². The molecule has 0 spiro atoms. The Balaban J connectivity index is 3.12. The summed E-state index contributed by atoms with van der Waals surface area (Å²) in [5.74, 6) is 0.0734. The Bertz CT molecular complexity index is 345. The van der Waals surface area contributed by atoms with Crippen molar-refractivity contribution in [3.05, 3.63) is 33.8 Å². The van der Waals surface area contributed by atoms with Crippen molar-refractivity contribution in [1.82, 2.24) is 0 Å². The third-order valence-corrected chi connectivity index (χ3v) is 2.41. The fourth-order valence-corrected chi connectivity index (χ4v) is 1.64. The van der Waals surface area contributed by atoms with E-state index >= 15 is 0 Å². The van der Waals surface area contributed by atoms with Crippen LogP contribution in [0.1, 0.15) is 34.1 Å². The Morgan fingerprint density at radius 2 is 2.23 bits per heavy atom. The second-order valence-electron chi connectivity index (χ2n) is 2.63. The molecule has 0 saturated carbocycles. The predicted molar refractivity (Wildman–Crippen MR) is 54.2 cm³/mol. The SMILES string of the molecule is CCC(=O)c1ccc(C=O)cc1Br. The van der Waals surface area contributed by atoms with Crippen LogP contribution in [-0.2, 0) is 0 Å². The molecule has 13 heavy (non-hydrogen) atoms. The molecule has 0 saturated heterocycles. The standard InChI is InChI=1S/C10H9BrO2/c1-2-10(13)8-4-3-7(6-12)5-9(8)11/h3-6H,2H2,1H3. The molecule has 0 aliphatic carbocycles. The molecule has 0 radical (unpaired) electrons. The van der Waals surface area contributed by atoms with Crippen molar-refractivity contribution in [3.8, 4) is 0 Å². The molecule has 1 rings (SSSR count). The Hall–Kier alpha value is -0.960. The van der Waals surface area contributed by atoms with Crippen LogP contribution in [0.25, 0.3) is 0 Å². The first-order valence-electron chi connectivity index (χ1n) is 3.97. The van der Waals surface area contributed by atoms with E-state index in [1.807, 2.05) is 6.92 Å². The number of halogens is 1. The van der Waals surface area contributed by atoms with Gasteiger partial charge in [-0.15, -0.1) is 0 Å². The van der Waals surface area contributed by atoms with Gasteiger partial charge < -0.3 is 0 Å². The first-order chi connectivity index (χ1) is 6.19. The summed E-state index contributed by atoms with van der Waals surface area (Å²) in [6.07, 6.45) is 1.23. The maximum Gasteiger partial charge on any atom is 0.163 e. The lowest BCUT2D eigenvalue weighted by Crippen LogP contribution is -1.98. The molecule has 2 nitrogen and oxygen atoms in total. The van der Waals surface area contributed by atoms with Gasteiger partial charge in [0.1, 0.15) is 6.29 Å². The first-order valence-corrected chi connectivity index (χ1v) is 4.76. The van der Waals surface area contributed by atoms with E-state index in [2.05, 4.69) is 15.9 Å². The Morgan fingerprint density at radius 3 is 2.69 bits per heavy atom. The highest BCUT2D eigenvalue weighted by atomic mass is 79.9. The van der Waals surface area contributed by atoms with E-state index in [0.29, 0.717) is 22.0 Å². The van der Waals surface area contributed by atoms with Gasteiger partial charge in [-0.05, 0) is 12.1 Å². The molecular formula is C10H9BrO2. The van der Waals surface area contributed by atoms with Gasteiger partial charge in [-0.1, -0.05) is 28.9 Å². The van der Waals surface area contributed by atoms with E-state index in [0.717, 1.165) is 6.29 Å². The number of Topliss-reactive ketones (excluding diaryl/α,β-unsaturated/α-hetero) is 1. The molecule has 0 atom stereocenters. The topological polar surface area (TPSA) is 34.1 Å². The highest BCUT2D eigenvalue weighted by Crippen LogP contribution is 2.19. The van der Waals surface area contributed by atoms with Crippen molar-refractivity contribution in [1.29, 1.82) is 0 Å². The molecule has 1 aromatic rings. The van der Waals surface area contributed by atoms with E-state index in [-0.39, 0.29) is 5.78 Å². The highest BCUT2D eigenvalue weighted by Gasteiger charge is 2.07. The summed E-state index contributed by atoms with van der Waals surface area (Å²) >= 11 is 3.25. The van der Waals surface area contributed by atoms with Crippen LogP contribution in [0.5, 0.6) is 0 Å². The van der Waals surface area contributed by atoms with Gasteiger partial charge in [0, 0.05) is 22.0 Å². The molecular weight excluding hydrogens is 232 g/mol. The minimum absolute atomic E-state index is 0.0734. The number of rotatable bonds is 3. The zero-order valence-electron chi connectivity index (χ0n) is 7.21. The van der Waals surface area contributed by atoms with Gasteiger partial charge in [0.2, 0.25) is 0 Å². The number of carbonyl (C=O) groups excluding carboxylic acids is 2. The minimum atomic E-state index is 0.0734. The first kappa shape index (κ1) is 10.1. The monoisotopic (exact) mass is 240 g/mol. The lowest BCUT2D eigenvalue weighted by molar-refractivity contribution is 0.0986. The second-order valence-corrected chi connectivity index (χ2v) is 3.49. The fraction of sp³-hybridized carbons (Fsp3) is 0.200. The average molecular weight is 241 g/mol. The van der Waals surface area contributed by atoms with Crippen LogP contribution in [0.3, 0.4) is 0 Å². The summed E-state index contributed by atoms with van der Waals surface area (Å²) in [7, 11) is 0. The van der Waals surface area contributed by atoms with Crippen molar-refractivity contribution in [3.63, 3.8) is 0 Å². The largest absolute Gasteiger partial charge is 0.298 e. The Morgan fingerprint density at radius 1 is 1.54 bits per heavy atom. The lowest BCUT2D eigenvalue weighted by Gasteiger charge is -2.01. The summed E-state index contributed by atoms with van der Waals surface area (Å²) in [4.78, 5) is 21.7. The Labute approximate surface area is 85.1 Å². The minimum Gasteiger partial charge on any atom is -0.298 e. The van der Waals surface area contributed by atoms with E-state index in [1.54, 1.807) is 18.2 Å². The molecule has 0 aliphatic rings. The van der Waals surface area contributed by atoms with E-state index in [1.165, 1.54) is 0 Å². The van der Waals surface area contributed by atoms with Crippen LogP contribution in [0.15, 0.2) is 22.7 Å². The van der Waals surface area contributed by atoms with Crippen LogP contribution in [0, 0.1) is 0 Å². The van der Waals surface area contributed by atoms with Crippen molar-refractivity contribution in [2.45, 2.75) is 13.3 Å². The average Bonchev–Trinajstić information content (AvgIpc) is 2.16. The molecule has 1 aromatic carbocycles. The normalized spacial score (nSPS) is 9.69. The van der Waals surface area contributed by atoms with Crippen LogP contribution in [-0.4, -0.2) is 12.1 Å². The molecule has 0 aromatic heterocycles. The summed E-state index contributed by atoms with van der Waals surface area (Å²) in [5.41, 5.74) is 1.20. The Kier molecular flexibility index (Phi) is 3.37. The molecule has 0 fully saturated rings. The molecule has 0 aliphatic heterocycles. The molecule has 0 unspecified atom stereocenters. The number of benzene rings is 1. The van der Waals surface area contributed by atoms with Crippen molar-refractivity contribution in [2.24, 2.45) is 0 Å². The highest BCUT2D eigenvalue weighted by molar-refractivity contribution is 9.10. The van der Waals surface area contributed by atoms with Gasteiger partial charge in [-0.3, -0.25) is 9.59 Å². The van der Waals surface area contributed by atoms with Gasteiger partial charge in [-0.2, -0.15) is 0 Å². The van der Waals surface area contributed by atoms with Crippen molar-refractivity contribution >= 4 is 28.0 Å². The molecule has 0 heterocycles. The van der Waals surface area contributed by atoms with Crippen LogP contribution < -0.4 is 0 Å². The summed E-state index contributed by atoms with van der Waals surface area (Å²) in [6, 6.07) is 4.95. The van der Waals surface area contributed by atoms with Gasteiger partial charge in [0.15, 0.2) is 5.78 Å². The number of carbonyl (C=O) groups is 2. The van der Waals surface area contributed by atoms with Gasteiger partial charge >= 0.3 is 0 Å². The maximum atomic E-state index is 11.3. The van der Waals surface area contributed by atoms with E-state index in [4.69, 9.17) is 0 Å². The third-order valence-electron chi connectivity index (χ3n) is 1.75. The maximum absolute atomic E-state index is 11.3. The second kappa shape index (κ2) is 4.33. The van der Waals surface area contributed by atoms with E-state index < -0.39 is 0 Å². The summed E-state index contributed by atoms with van der Waals surface area (Å²) in [5, 5.41) is 0. The van der Waals surface area contributed by atoms with Crippen LogP contribution in [0.4, 0.5) is 0 Å². The van der Waals surface area contributed by atoms with Gasteiger partial charge in [0.25, 0.3) is 0 Å². The predicted octanol–water partition coefficient (Wildman–Crippen LogP) is 2.85. The van der Waals surface area contributed by atoms with E-state index in [9.17, 15) is 9.59 Å². The molecule has 68 valence electrons. The van der Waals surface area contributed by atoms with Crippen LogP contribution >= 0.6 is 15.9 Å². The van der Waals surface area contributed by atoms with Gasteiger partial charge in [0.05, 0.1) is 0 Å². The summed E-state index contributed by atoms with van der Waals surface area (Å²) < 4.78 is 0.684. The molecule has 3 heteroatoms. The third kappa shape index (κ3) is 2.25. The molecule has 0 bridgehead atoms.